The van der Waals surface area contributed by atoms with Crippen molar-refractivity contribution < 1.29 is 30.0 Å². The van der Waals surface area contributed by atoms with E-state index in [1.807, 2.05) is 5.32 Å². The number of nitrogens with one attached hydrogen (secondary N) is 1. The number of amides is 1. The van der Waals surface area contributed by atoms with E-state index in [4.69, 9.17) is 44.6 Å². The van der Waals surface area contributed by atoms with Crippen molar-refractivity contribution in [2.45, 2.75) is 34.4 Å². The van der Waals surface area contributed by atoms with Crippen LogP contribution in [0.1, 0.15) is 0 Å². The highest BCUT2D eigenvalue weighted by Gasteiger charge is 2.45. The molecule has 0 aromatic heterocycles. The van der Waals surface area contributed by atoms with Crippen molar-refractivity contribution in [2.75, 3.05) is 6.61 Å². The summed E-state index contributed by atoms with van der Waals surface area (Å²) in [4.78, 5) is 11.4. The van der Waals surface area contributed by atoms with Gasteiger partial charge in [-0.25, -0.2) is 0 Å². The van der Waals surface area contributed by atoms with Gasteiger partial charge in [0.05, 0.1) is 6.61 Å². The first-order chi connectivity index (χ1) is 8.18. The van der Waals surface area contributed by atoms with Crippen LogP contribution in [0.5, 0.6) is 0 Å². The Hall–Kier alpha value is 0.140. The highest BCUT2D eigenvalue weighted by molar-refractivity contribution is 6.76. The fraction of sp³-hybridized carbons (Fsp3) is 0.875. The molecule has 106 valence electrons. The van der Waals surface area contributed by atoms with E-state index in [9.17, 15) is 20.1 Å². The van der Waals surface area contributed by atoms with Gasteiger partial charge in [0.15, 0.2) is 6.23 Å². The second-order valence-electron chi connectivity index (χ2n) is 3.72. The Morgan fingerprint density at radius 3 is 2.17 bits per heavy atom. The zero-order chi connectivity index (χ0) is 14.1. The number of aliphatic hydroxyl groups is 4. The lowest BCUT2D eigenvalue weighted by Gasteiger charge is -2.40. The van der Waals surface area contributed by atoms with Crippen LogP contribution in [0.3, 0.4) is 0 Å². The molecule has 0 bridgehead atoms. The van der Waals surface area contributed by atoms with Crippen LogP contribution in [0.15, 0.2) is 0 Å². The second-order valence-corrected chi connectivity index (χ2v) is 6.00. The third-order valence-electron chi connectivity index (χ3n) is 2.42. The average molecular weight is 325 g/mol. The Balaban J connectivity index is 2.74. The minimum atomic E-state index is -2.27. The molecule has 10 heteroatoms. The predicted octanol–water partition coefficient (Wildman–Crippen LogP) is -1.73. The van der Waals surface area contributed by atoms with E-state index in [2.05, 4.69) is 0 Å². The number of aliphatic hydroxyl groups excluding tert-OH is 4. The number of hydrogen-bond acceptors (Lipinski definition) is 6. The molecule has 0 aromatic rings. The summed E-state index contributed by atoms with van der Waals surface area (Å²) in [6.45, 7) is -0.620. The van der Waals surface area contributed by atoms with Crippen LogP contribution >= 0.6 is 34.8 Å². The summed E-state index contributed by atoms with van der Waals surface area (Å²) in [5.74, 6) is -1.07. The smallest absolute Gasteiger partial charge is 0.274 e. The average Bonchev–Trinajstić information content (AvgIpc) is 2.28. The molecule has 1 aliphatic rings. The Labute approximate surface area is 117 Å². The topological polar surface area (TPSA) is 119 Å². The van der Waals surface area contributed by atoms with E-state index in [1.54, 1.807) is 0 Å². The molecule has 1 fully saturated rings. The lowest BCUT2D eigenvalue weighted by molar-refractivity contribution is -0.235. The number of carbonyl (C=O) groups is 1. The van der Waals surface area contributed by atoms with Crippen LogP contribution in [-0.4, -0.2) is 67.4 Å². The zero-order valence-electron chi connectivity index (χ0n) is 8.83. The molecule has 18 heavy (non-hydrogen) atoms. The Bertz CT molecular complexity index is 310. The molecule has 0 spiro atoms. The maximum atomic E-state index is 11.4. The molecular formula is C8H12Cl3NO6. The standard InChI is InChI=1S/C8H12Cl3NO6/c9-8(10,11)7(17)12-6-5(16)4(15)3(14)2(1-13)18-6/h2-6,13-16H,1H2,(H,12,17)/t2-,3-,4+,5-,6-/m1/s1. The van der Waals surface area contributed by atoms with Gasteiger partial charge >= 0.3 is 0 Å². The van der Waals surface area contributed by atoms with Gasteiger partial charge in [-0.15, -0.1) is 0 Å². The van der Waals surface area contributed by atoms with Gasteiger partial charge in [0.25, 0.3) is 9.70 Å². The molecule has 5 atom stereocenters. The van der Waals surface area contributed by atoms with E-state index in [0.29, 0.717) is 0 Å². The van der Waals surface area contributed by atoms with Gasteiger partial charge in [0.1, 0.15) is 24.4 Å². The summed E-state index contributed by atoms with van der Waals surface area (Å²) in [5, 5.41) is 39.4. The predicted molar refractivity (Wildman–Crippen MR) is 62.2 cm³/mol. The number of rotatable bonds is 2. The maximum Gasteiger partial charge on any atom is 0.274 e. The maximum absolute atomic E-state index is 11.4. The number of alkyl halides is 3. The van der Waals surface area contributed by atoms with Crippen LogP contribution in [0, 0.1) is 0 Å². The fourth-order valence-corrected chi connectivity index (χ4v) is 1.60. The monoisotopic (exact) mass is 323 g/mol. The van der Waals surface area contributed by atoms with Crippen LogP contribution in [-0.2, 0) is 9.53 Å². The van der Waals surface area contributed by atoms with E-state index in [-0.39, 0.29) is 0 Å². The van der Waals surface area contributed by atoms with Crippen molar-refractivity contribution in [1.82, 2.24) is 5.32 Å². The minimum absolute atomic E-state index is 0.620. The summed E-state index contributed by atoms with van der Waals surface area (Å²) >= 11 is 15.9. The highest BCUT2D eigenvalue weighted by atomic mass is 35.6. The Morgan fingerprint density at radius 2 is 1.72 bits per heavy atom. The van der Waals surface area contributed by atoms with Gasteiger partial charge < -0.3 is 30.5 Å². The van der Waals surface area contributed by atoms with Crippen LogP contribution < -0.4 is 5.32 Å². The number of carbonyl (C=O) groups excluding carboxylic acids is 1. The summed E-state index contributed by atoms with van der Waals surface area (Å²) in [6, 6.07) is 0. The van der Waals surface area contributed by atoms with Crippen molar-refractivity contribution in [1.29, 1.82) is 0 Å². The van der Waals surface area contributed by atoms with Gasteiger partial charge in [-0.3, -0.25) is 4.79 Å². The molecule has 1 aliphatic heterocycles. The molecule has 0 aliphatic carbocycles. The summed E-state index contributed by atoms with van der Waals surface area (Å²) in [6.07, 6.45) is -7.32. The van der Waals surface area contributed by atoms with Crippen molar-refractivity contribution in [3.63, 3.8) is 0 Å². The first kappa shape index (κ1) is 16.2. The highest BCUT2D eigenvalue weighted by Crippen LogP contribution is 2.27. The van der Waals surface area contributed by atoms with E-state index in [0.717, 1.165) is 0 Å². The molecule has 5 N–H and O–H groups in total. The number of ether oxygens (including phenoxy) is 1. The molecule has 1 amide bonds. The molecule has 0 aromatic carbocycles. The summed E-state index contributed by atoms with van der Waals surface area (Å²) in [7, 11) is 0. The second kappa shape index (κ2) is 6.06. The molecular weight excluding hydrogens is 312 g/mol. The largest absolute Gasteiger partial charge is 0.394 e. The lowest BCUT2D eigenvalue weighted by Crippen LogP contribution is -2.64. The third-order valence-corrected chi connectivity index (χ3v) is 2.94. The number of halogens is 3. The lowest BCUT2D eigenvalue weighted by atomic mass is 9.98. The molecule has 7 nitrogen and oxygen atoms in total. The van der Waals surface area contributed by atoms with Crippen molar-refractivity contribution >= 4 is 40.7 Å². The molecule has 0 saturated carbocycles. The van der Waals surface area contributed by atoms with Crippen molar-refractivity contribution in [2.24, 2.45) is 0 Å². The van der Waals surface area contributed by atoms with Crippen LogP contribution in [0.25, 0.3) is 0 Å². The molecule has 0 radical (unpaired) electrons. The third kappa shape index (κ3) is 3.58. The van der Waals surface area contributed by atoms with E-state index >= 15 is 0 Å². The van der Waals surface area contributed by atoms with Crippen molar-refractivity contribution in [3.8, 4) is 0 Å². The molecule has 0 unspecified atom stereocenters. The van der Waals surface area contributed by atoms with E-state index < -0.39 is 47.0 Å². The van der Waals surface area contributed by atoms with Crippen LogP contribution in [0.4, 0.5) is 0 Å². The van der Waals surface area contributed by atoms with Gasteiger partial charge in [-0.05, 0) is 0 Å². The molecule has 1 heterocycles. The summed E-state index contributed by atoms with van der Waals surface area (Å²) in [5.41, 5.74) is 0. The quantitative estimate of drug-likeness (QED) is 0.385. The van der Waals surface area contributed by atoms with Gasteiger partial charge in [0.2, 0.25) is 0 Å². The van der Waals surface area contributed by atoms with Gasteiger partial charge in [-0.2, -0.15) is 0 Å². The van der Waals surface area contributed by atoms with E-state index in [1.165, 1.54) is 0 Å². The Kier molecular flexibility index (Phi) is 5.45. The normalized spacial score (nSPS) is 37.4. The van der Waals surface area contributed by atoms with Gasteiger partial charge in [0, 0.05) is 0 Å². The molecule has 1 saturated heterocycles. The first-order valence-electron chi connectivity index (χ1n) is 4.86. The zero-order valence-corrected chi connectivity index (χ0v) is 11.1. The summed E-state index contributed by atoms with van der Waals surface area (Å²) < 4.78 is 2.71. The fourth-order valence-electron chi connectivity index (χ4n) is 1.43. The SMILES string of the molecule is O=C(N[C@@H]1O[C@H](CO)[C@@H](O)[C@H](O)[C@H]1O)C(Cl)(Cl)Cl. The Morgan fingerprint density at radius 1 is 1.17 bits per heavy atom. The molecule has 1 rings (SSSR count). The van der Waals surface area contributed by atoms with Crippen molar-refractivity contribution in [3.05, 3.63) is 0 Å². The number of hydrogen-bond donors (Lipinski definition) is 5. The van der Waals surface area contributed by atoms with Crippen LogP contribution in [0.2, 0.25) is 0 Å². The minimum Gasteiger partial charge on any atom is -0.394 e. The first-order valence-corrected chi connectivity index (χ1v) is 6.00. The van der Waals surface area contributed by atoms with Gasteiger partial charge in [-0.1, -0.05) is 34.8 Å².